The number of methoxy groups -OCH3 is 1. The maximum absolute atomic E-state index is 11.5. The van der Waals surface area contributed by atoms with Crippen molar-refractivity contribution in [2.45, 2.75) is 0 Å². The molecule has 0 aliphatic carbocycles. The highest BCUT2D eigenvalue weighted by molar-refractivity contribution is 6.31. The first-order valence-electron chi connectivity index (χ1n) is 4.64. The van der Waals surface area contributed by atoms with Crippen LogP contribution in [-0.4, -0.2) is 13.0 Å². The van der Waals surface area contributed by atoms with Crippen LogP contribution in [0.3, 0.4) is 0 Å². The molecule has 0 aliphatic rings. The zero-order valence-electron chi connectivity index (χ0n) is 8.82. The third-order valence-corrected chi connectivity index (χ3v) is 2.47. The van der Waals surface area contributed by atoms with Gasteiger partial charge < -0.3 is 14.9 Å². The molecule has 17 heavy (non-hydrogen) atoms. The van der Waals surface area contributed by atoms with Crippen molar-refractivity contribution in [2.24, 2.45) is 5.73 Å². The van der Waals surface area contributed by atoms with Crippen molar-refractivity contribution >= 4 is 28.5 Å². The van der Waals surface area contributed by atoms with Crippen LogP contribution in [-0.2, 0) is 0 Å². The van der Waals surface area contributed by atoms with Gasteiger partial charge in [-0.15, -0.1) is 0 Å². The van der Waals surface area contributed by atoms with Gasteiger partial charge in [0.15, 0.2) is 11.3 Å². The summed E-state index contributed by atoms with van der Waals surface area (Å²) in [5.74, 6) is -0.528. The molecule has 6 heteroatoms. The van der Waals surface area contributed by atoms with Gasteiger partial charge in [0.1, 0.15) is 5.56 Å². The molecule has 1 aromatic heterocycles. The molecule has 0 aliphatic heterocycles. The molecule has 0 unspecified atom stereocenters. The minimum atomic E-state index is -0.848. The van der Waals surface area contributed by atoms with Crippen LogP contribution in [0.25, 0.3) is 11.0 Å². The van der Waals surface area contributed by atoms with Crippen molar-refractivity contribution in [1.29, 1.82) is 0 Å². The van der Waals surface area contributed by atoms with E-state index in [2.05, 4.69) is 0 Å². The Bertz CT molecular complexity index is 662. The fourth-order valence-corrected chi connectivity index (χ4v) is 1.71. The van der Waals surface area contributed by atoms with Gasteiger partial charge in [-0.25, -0.2) is 4.79 Å². The van der Waals surface area contributed by atoms with Gasteiger partial charge in [0, 0.05) is 16.5 Å². The van der Waals surface area contributed by atoms with Gasteiger partial charge in [-0.2, -0.15) is 0 Å². The number of hydrogen-bond donors (Lipinski definition) is 1. The second-order valence-electron chi connectivity index (χ2n) is 3.34. The largest absolute Gasteiger partial charge is 0.493 e. The summed E-state index contributed by atoms with van der Waals surface area (Å²) in [5, 5.41) is 0.876. The first kappa shape index (κ1) is 11.5. The Hall–Kier alpha value is -2.01. The number of nitrogens with two attached hydrogens (primary N) is 1. The van der Waals surface area contributed by atoms with Gasteiger partial charge in [-0.1, -0.05) is 11.6 Å². The maximum Gasteiger partial charge on any atom is 0.349 e. The third kappa shape index (κ3) is 1.97. The summed E-state index contributed by atoms with van der Waals surface area (Å²) in [6, 6.07) is 4.39. The van der Waals surface area contributed by atoms with Crippen LogP contribution in [0.5, 0.6) is 5.75 Å². The normalized spacial score (nSPS) is 10.5. The minimum absolute atomic E-state index is 0.221. The van der Waals surface area contributed by atoms with Crippen molar-refractivity contribution in [1.82, 2.24) is 0 Å². The average molecular weight is 254 g/mol. The van der Waals surface area contributed by atoms with Crippen molar-refractivity contribution in [3.8, 4) is 5.75 Å². The molecule has 0 bridgehead atoms. The molecular weight excluding hydrogens is 246 g/mol. The lowest BCUT2D eigenvalue weighted by atomic mass is 10.1. The Kier molecular flexibility index (Phi) is 2.77. The van der Waals surface area contributed by atoms with Crippen LogP contribution in [0, 0.1) is 0 Å². The quantitative estimate of drug-likeness (QED) is 0.823. The van der Waals surface area contributed by atoms with Crippen molar-refractivity contribution in [2.75, 3.05) is 7.11 Å². The molecule has 0 fully saturated rings. The van der Waals surface area contributed by atoms with E-state index in [0.29, 0.717) is 16.2 Å². The number of carbonyl (C=O) groups is 1. The molecule has 1 aromatic carbocycles. The van der Waals surface area contributed by atoms with Crippen LogP contribution >= 0.6 is 11.6 Å². The van der Waals surface area contributed by atoms with Crippen molar-refractivity contribution in [3.63, 3.8) is 0 Å². The highest BCUT2D eigenvalue weighted by Crippen LogP contribution is 2.29. The lowest BCUT2D eigenvalue weighted by Crippen LogP contribution is -2.20. The summed E-state index contributed by atoms with van der Waals surface area (Å²) < 4.78 is 10.0. The van der Waals surface area contributed by atoms with E-state index in [1.165, 1.54) is 19.2 Å². The number of primary amides is 1. The summed E-state index contributed by atoms with van der Waals surface area (Å²) in [6.45, 7) is 0. The molecule has 0 saturated heterocycles. The molecule has 2 rings (SSSR count). The highest BCUT2D eigenvalue weighted by atomic mass is 35.5. The van der Waals surface area contributed by atoms with Crippen molar-refractivity contribution in [3.05, 3.63) is 39.2 Å². The molecule has 2 aromatic rings. The highest BCUT2D eigenvalue weighted by Gasteiger charge is 2.13. The topological polar surface area (TPSA) is 82.5 Å². The molecule has 0 saturated carbocycles. The number of rotatable bonds is 2. The monoisotopic (exact) mass is 253 g/mol. The Morgan fingerprint density at radius 1 is 1.41 bits per heavy atom. The smallest absolute Gasteiger partial charge is 0.349 e. The van der Waals surface area contributed by atoms with E-state index >= 15 is 0 Å². The third-order valence-electron chi connectivity index (χ3n) is 2.25. The molecule has 2 N–H and O–H groups in total. The summed E-state index contributed by atoms with van der Waals surface area (Å²) in [7, 11) is 1.42. The van der Waals surface area contributed by atoms with Crippen LogP contribution in [0.2, 0.25) is 5.02 Å². The van der Waals surface area contributed by atoms with Crippen LogP contribution in [0.1, 0.15) is 10.4 Å². The number of carbonyl (C=O) groups excluding carboxylic acids is 1. The predicted octanol–water partition coefficient (Wildman–Crippen LogP) is 1.55. The molecule has 0 spiro atoms. The number of amides is 1. The number of hydrogen-bond acceptors (Lipinski definition) is 4. The molecule has 0 atom stereocenters. The zero-order chi connectivity index (χ0) is 12.6. The lowest BCUT2D eigenvalue weighted by molar-refractivity contribution is 0.0997. The molecule has 1 amide bonds. The molecule has 5 nitrogen and oxygen atoms in total. The zero-order valence-corrected chi connectivity index (χ0v) is 9.58. The van der Waals surface area contributed by atoms with Gasteiger partial charge in [-0.05, 0) is 12.1 Å². The SMILES string of the molecule is COc1cc(Cl)cc2cc(C(N)=O)c(=O)oc12. The number of halogens is 1. The predicted molar refractivity (Wildman–Crippen MR) is 62.6 cm³/mol. The van der Waals surface area contributed by atoms with Gasteiger partial charge in [-0.3, -0.25) is 4.79 Å². The fraction of sp³-hybridized carbons (Fsp3) is 0.0909. The lowest BCUT2D eigenvalue weighted by Gasteiger charge is -2.05. The van der Waals surface area contributed by atoms with E-state index in [1.807, 2.05) is 0 Å². The summed E-state index contributed by atoms with van der Waals surface area (Å²) in [6.07, 6.45) is 0. The second kappa shape index (κ2) is 4.10. The van der Waals surface area contributed by atoms with Crippen LogP contribution in [0.4, 0.5) is 0 Å². The van der Waals surface area contributed by atoms with Crippen LogP contribution in [0.15, 0.2) is 27.4 Å². The van der Waals surface area contributed by atoms with Gasteiger partial charge in [0.2, 0.25) is 0 Å². The summed E-state index contributed by atoms with van der Waals surface area (Å²) in [5.41, 5.74) is 4.26. The second-order valence-corrected chi connectivity index (χ2v) is 3.77. The summed E-state index contributed by atoms with van der Waals surface area (Å²) in [4.78, 5) is 22.5. The van der Waals surface area contributed by atoms with E-state index < -0.39 is 11.5 Å². The number of ether oxygens (including phenoxy) is 1. The Morgan fingerprint density at radius 3 is 2.71 bits per heavy atom. The van der Waals surface area contributed by atoms with E-state index in [9.17, 15) is 9.59 Å². The molecular formula is C11H8ClNO4. The van der Waals surface area contributed by atoms with E-state index in [0.717, 1.165) is 0 Å². The molecule has 88 valence electrons. The Morgan fingerprint density at radius 2 is 2.12 bits per heavy atom. The molecule has 1 heterocycles. The average Bonchev–Trinajstić information content (AvgIpc) is 2.27. The maximum atomic E-state index is 11.5. The standard InChI is InChI=1S/C11H8ClNO4/c1-16-8-4-6(12)2-5-3-7(10(13)14)11(15)17-9(5)8/h2-4H,1H3,(H2,13,14). The Balaban J connectivity index is 2.87. The summed E-state index contributed by atoms with van der Waals surface area (Å²) >= 11 is 5.86. The van der Waals surface area contributed by atoms with Gasteiger partial charge >= 0.3 is 5.63 Å². The first-order valence-corrected chi connectivity index (χ1v) is 5.02. The van der Waals surface area contributed by atoms with E-state index in [4.69, 9.17) is 26.5 Å². The van der Waals surface area contributed by atoms with Crippen molar-refractivity contribution < 1.29 is 13.9 Å². The van der Waals surface area contributed by atoms with Gasteiger partial charge in [0.05, 0.1) is 7.11 Å². The fourth-order valence-electron chi connectivity index (χ4n) is 1.49. The minimum Gasteiger partial charge on any atom is -0.493 e. The number of fused-ring (bicyclic) bond motifs is 1. The van der Waals surface area contributed by atoms with E-state index in [1.54, 1.807) is 6.07 Å². The number of benzene rings is 1. The van der Waals surface area contributed by atoms with Crippen LogP contribution < -0.4 is 16.1 Å². The van der Waals surface area contributed by atoms with Gasteiger partial charge in [0.25, 0.3) is 5.91 Å². The Labute approximate surface area is 101 Å². The van der Waals surface area contributed by atoms with E-state index in [-0.39, 0.29) is 11.1 Å². The first-order chi connectivity index (χ1) is 8.02. The molecule has 0 radical (unpaired) electrons.